The van der Waals surface area contributed by atoms with Crippen LogP contribution in [-0.2, 0) is 0 Å². The predicted octanol–water partition coefficient (Wildman–Crippen LogP) is 4.84. The van der Waals surface area contributed by atoms with Crippen LogP contribution in [0, 0.1) is 23.4 Å². The van der Waals surface area contributed by atoms with Gasteiger partial charge in [0.05, 0.1) is 17.5 Å². The van der Waals surface area contributed by atoms with Gasteiger partial charge in [-0.15, -0.1) is 0 Å². The molecule has 0 spiro atoms. The number of fused-ring (bicyclic) bond motifs is 3. The van der Waals surface area contributed by atoms with Crippen LogP contribution in [0.3, 0.4) is 0 Å². The molecule has 12 heteroatoms. The maximum absolute atomic E-state index is 15.1. The third-order valence-electron chi connectivity index (χ3n) is 6.82. The average Bonchev–Trinajstić information content (AvgIpc) is 3.35. The number of anilines is 1. The van der Waals surface area contributed by atoms with E-state index in [0.29, 0.717) is 29.2 Å². The molecule has 2 atom stereocenters. The van der Waals surface area contributed by atoms with Gasteiger partial charge in [-0.05, 0) is 18.4 Å². The van der Waals surface area contributed by atoms with Gasteiger partial charge in [-0.25, -0.2) is 28.1 Å². The zero-order chi connectivity index (χ0) is 26.0. The van der Waals surface area contributed by atoms with Crippen LogP contribution < -0.4 is 9.64 Å². The molecule has 3 aromatic heterocycles. The predicted molar refractivity (Wildman–Crippen MR) is 122 cm³/mol. The number of imidazole rings is 1. The van der Waals surface area contributed by atoms with Gasteiger partial charge >= 0.3 is 6.61 Å². The summed E-state index contributed by atoms with van der Waals surface area (Å²) in [5.74, 6) is -3.55. The van der Waals surface area contributed by atoms with Gasteiger partial charge in [0, 0.05) is 66.4 Å². The fourth-order valence-electron chi connectivity index (χ4n) is 5.13. The number of halogens is 5. The first-order valence-electron chi connectivity index (χ1n) is 11.6. The minimum Gasteiger partial charge on any atom is -0.434 e. The SMILES string of the molecule is CC1CN(c2ncc(-c3cn4c5c(nc4cc3F)C(O)CC5c3cc(F)c(F)cc3OC(F)F)cn2)C1. The molecule has 7 nitrogen and oxygen atoms in total. The molecule has 6 rings (SSSR count). The molecular weight excluding hydrogens is 497 g/mol. The highest BCUT2D eigenvalue weighted by Gasteiger charge is 2.38. The zero-order valence-electron chi connectivity index (χ0n) is 19.4. The van der Waals surface area contributed by atoms with Gasteiger partial charge < -0.3 is 19.1 Å². The Morgan fingerprint density at radius 2 is 1.73 bits per heavy atom. The molecule has 0 saturated carbocycles. The van der Waals surface area contributed by atoms with Crippen molar-refractivity contribution in [2.24, 2.45) is 5.92 Å². The molecule has 1 aliphatic carbocycles. The van der Waals surface area contributed by atoms with Crippen molar-refractivity contribution < 1.29 is 31.8 Å². The van der Waals surface area contributed by atoms with E-state index in [9.17, 15) is 22.7 Å². The highest BCUT2D eigenvalue weighted by Crippen LogP contribution is 2.47. The lowest BCUT2D eigenvalue weighted by molar-refractivity contribution is -0.0508. The van der Waals surface area contributed by atoms with Crippen LogP contribution in [0.2, 0.25) is 0 Å². The molecule has 2 aliphatic rings. The van der Waals surface area contributed by atoms with E-state index in [1.54, 1.807) is 0 Å². The van der Waals surface area contributed by atoms with Crippen LogP contribution in [0.4, 0.5) is 27.9 Å². The minimum absolute atomic E-state index is 0.0376. The van der Waals surface area contributed by atoms with Crippen LogP contribution in [-0.4, -0.2) is 44.2 Å². The molecular formula is C25H20F5N5O2. The van der Waals surface area contributed by atoms with Crippen molar-refractivity contribution >= 4 is 11.6 Å². The van der Waals surface area contributed by atoms with Crippen LogP contribution in [0.1, 0.15) is 42.3 Å². The Morgan fingerprint density at radius 3 is 2.41 bits per heavy atom. The number of benzene rings is 1. The molecule has 0 radical (unpaired) electrons. The second-order valence-electron chi connectivity index (χ2n) is 9.41. The summed E-state index contributed by atoms with van der Waals surface area (Å²) < 4.78 is 75.2. The zero-order valence-corrected chi connectivity index (χ0v) is 19.4. The number of alkyl halides is 2. The summed E-state index contributed by atoms with van der Waals surface area (Å²) >= 11 is 0. The van der Waals surface area contributed by atoms with Crippen molar-refractivity contribution in [2.45, 2.75) is 32.0 Å². The number of aliphatic hydroxyl groups is 1. The summed E-state index contributed by atoms with van der Waals surface area (Å²) in [5.41, 5.74) is 1.13. The van der Waals surface area contributed by atoms with E-state index in [-0.39, 0.29) is 28.9 Å². The highest BCUT2D eigenvalue weighted by molar-refractivity contribution is 5.66. The second-order valence-corrected chi connectivity index (χ2v) is 9.41. The molecule has 1 saturated heterocycles. The third kappa shape index (κ3) is 3.95. The molecule has 4 aromatic rings. The first-order chi connectivity index (χ1) is 17.7. The molecule has 0 amide bonds. The summed E-state index contributed by atoms with van der Waals surface area (Å²) in [5, 5.41) is 10.6. The summed E-state index contributed by atoms with van der Waals surface area (Å²) in [6.45, 7) is 0.517. The summed E-state index contributed by atoms with van der Waals surface area (Å²) in [7, 11) is 0. The van der Waals surface area contributed by atoms with Crippen LogP contribution in [0.25, 0.3) is 16.8 Å². The number of aromatic nitrogens is 4. The van der Waals surface area contributed by atoms with Crippen molar-refractivity contribution in [3.05, 3.63) is 71.2 Å². The number of nitrogens with zero attached hydrogens (tertiary/aromatic N) is 5. The Morgan fingerprint density at radius 1 is 1.03 bits per heavy atom. The Hall–Kier alpha value is -3.80. The van der Waals surface area contributed by atoms with Gasteiger partial charge in [0.1, 0.15) is 17.2 Å². The van der Waals surface area contributed by atoms with E-state index in [1.165, 1.54) is 29.1 Å². The van der Waals surface area contributed by atoms with Crippen molar-refractivity contribution in [3.8, 4) is 16.9 Å². The number of aliphatic hydroxyl groups excluding tert-OH is 1. The van der Waals surface area contributed by atoms with Gasteiger partial charge in [-0.1, -0.05) is 6.92 Å². The maximum atomic E-state index is 15.1. The third-order valence-corrected chi connectivity index (χ3v) is 6.82. The Kier molecular flexibility index (Phi) is 5.51. The molecule has 4 heterocycles. The Balaban J connectivity index is 1.45. The van der Waals surface area contributed by atoms with Gasteiger partial charge in [-0.3, -0.25) is 0 Å². The van der Waals surface area contributed by atoms with Gasteiger partial charge in [0.2, 0.25) is 5.95 Å². The van der Waals surface area contributed by atoms with Crippen LogP contribution >= 0.6 is 0 Å². The summed E-state index contributed by atoms with van der Waals surface area (Å²) in [4.78, 5) is 15.0. The smallest absolute Gasteiger partial charge is 0.387 e. The lowest BCUT2D eigenvalue weighted by atomic mass is 9.95. The molecule has 37 heavy (non-hydrogen) atoms. The monoisotopic (exact) mass is 517 g/mol. The molecule has 2 unspecified atom stereocenters. The van der Waals surface area contributed by atoms with Gasteiger partial charge in [0.25, 0.3) is 0 Å². The highest BCUT2D eigenvalue weighted by atomic mass is 19.3. The van der Waals surface area contributed by atoms with E-state index in [2.05, 4.69) is 26.6 Å². The lowest BCUT2D eigenvalue weighted by Crippen LogP contribution is -2.46. The molecule has 1 aromatic carbocycles. The summed E-state index contributed by atoms with van der Waals surface area (Å²) in [6.07, 6.45) is 3.27. The van der Waals surface area contributed by atoms with Crippen LogP contribution in [0.15, 0.2) is 36.8 Å². The molecule has 1 N–H and O–H groups in total. The normalized spacial score (nSPS) is 19.5. The van der Waals surface area contributed by atoms with E-state index >= 15 is 4.39 Å². The van der Waals surface area contributed by atoms with Gasteiger partial charge in [-0.2, -0.15) is 8.78 Å². The first-order valence-corrected chi connectivity index (χ1v) is 11.6. The lowest BCUT2D eigenvalue weighted by Gasteiger charge is -2.37. The average molecular weight is 517 g/mol. The standard InChI is InChI=1S/C25H20F5N5O2/c1-11-8-34(9-11)25-31-6-12(7-32-25)15-10-35-21(5-16(15)26)33-22-19(36)3-14(23(22)35)13-2-17(27)18(28)4-20(13)37-24(29)30/h2,4-7,10-11,14,19,24,36H,3,8-9H2,1H3. The number of rotatable bonds is 5. The quantitative estimate of drug-likeness (QED) is 0.382. The Labute approximate surface area is 207 Å². The summed E-state index contributed by atoms with van der Waals surface area (Å²) in [6, 6.07) is 2.49. The van der Waals surface area contributed by atoms with Crippen molar-refractivity contribution in [1.82, 2.24) is 19.4 Å². The van der Waals surface area contributed by atoms with E-state index in [4.69, 9.17) is 0 Å². The van der Waals surface area contributed by atoms with Crippen molar-refractivity contribution in [2.75, 3.05) is 18.0 Å². The largest absolute Gasteiger partial charge is 0.434 e. The number of pyridine rings is 1. The topological polar surface area (TPSA) is 75.8 Å². The molecule has 192 valence electrons. The number of hydrogen-bond donors (Lipinski definition) is 1. The van der Waals surface area contributed by atoms with Gasteiger partial charge in [0.15, 0.2) is 11.6 Å². The second kappa shape index (κ2) is 8.65. The fourth-order valence-corrected chi connectivity index (χ4v) is 5.13. The fraction of sp³-hybridized carbons (Fsp3) is 0.320. The molecule has 1 fully saturated rings. The Bertz CT molecular complexity index is 1500. The first kappa shape index (κ1) is 23.6. The minimum atomic E-state index is -3.28. The van der Waals surface area contributed by atoms with E-state index in [0.717, 1.165) is 19.2 Å². The molecule has 0 bridgehead atoms. The number of ether oxygens (including phenoxy) is 1. The van der Waals surface area contributed by atoms with Crippen molar-refractivity contribution in [1.29, 1.82) is 0 Å². The van der Waals surface area contributed by atoms with Crippen LogP contribution in [0.5, 0.6) is 5.75 Å². The molecule has 1 aliphatic heterocycles. The van der Waals surface area contributed by atoms with Crippen molar-refractivity contribution in [3.63, 3.8) is 0 Å². The maximum Gasteiger partial charge on any atom is 0.387 e. The van der Waals surface area contributed by atoms with E-state index < -0.39 is 41.8 Å². The van der Waals surface area contributed by atoms with E-state index in [1.807, 2.05) is 4.90 Å². The number of hydrogen-bond acceptors (Lipinski definition) is 6.